The molecule has 0 saturated heterocycles. The molecule has 0 radical (unpaired) electrons. The lowest BCUT2D eigenvalue weighted by Crippen LogP contribution is -2.33. The highest BCUT2D eigenvalue weighted by Gasteiger charge is 2.35. The molecular weight excluding hydrogens is 456 g/mol. The Morgan fingerprint density at radius 2 is 1.73 bits per heavy atom. The van der Waals surface area contributed by atoms with Crippen LogP contribution in [0.2, 0.25) is 0 Å². The van der Waals surface area contributed by atoms with Crippen molar-refractivity contribution in [3.05, 3.63) is 68.2 Å². The molecule has 3 amide bonds. The quantitative estimate of drug-likeness (QED) is 0.249. The van der Waals surface area contributed by atoms with E-state index in [1.807, 2.05) is 0 Å². The molecule has 0 bridgehead atoms. The number of fused-ring (bicyclic) bond motifs is 1. The van der Waals surface area contributed by atoms with Crippen LogP contribution in [0.3, 0.4) is 0 Å². The van der Waals surface area contributed by atoms with E-state index in [0.29, 0.717) is 36.3 Å². The molecule has 30 heavy (non-hydrogen) atoms. The monoisotopic (exact) mass is 474 g/mol. The van der Waals surface area contributed by atoms with Crippen molar-refractivity contribution < 1.29 is 19.3 Å². The molecule has 2 N–H and O–H groups in total. The van der Waals surface area contributed by atoms with Crippen LogP contribution in [0, 0.1) is 10.1 Å². The van der Waals surface area contributed by atoms with Crippen molar-refractivity contribution in [2.75, 3.05) is 25.0 Å². The van der Waals surface area contributed by atoms with Gasteiger partial charge in [-0.1, -0.05) is 15.9 Å². The third kappa shape index (κ3) is 5.01. The Balaban J connectivity index is 1.36. The fourth-order valence-corrected chi connectivity index (χ4v) is 3.42. The summed E-state index contributed by atoms with van der Waals surface area (Å²) in [7, 11) is 0. The van der Waals surface area contributed by atoms with Gasteiger partial charge in [-0.15, -0.1) is 0 Å². The summed E-state index contributed by atoms with van der Waals surface area (Å²) in [4.78, 5) is 48.0. The van der Waals surface area contributed by atoms with Crippen LogP contribution in [-0.4, -0.2) is 47.2 Å². The van der Waals surface area contributed by atoms with Crippen molar-refractivity contribution in [1.29, 1.82) is 0 Å². The number of hydrogen-bond acceptors (Lipinski definition) is 6. The van der Waals surface area contributed by atoms with Crippen LogP contribution in [0.25, 0.3) is 0 Å². The van der Waals surface area contributed by atoms with E-state index in [0.717, 1.165) is 4.47 Å². The van der Waals surface area contributed by atoms with E-state index in [4.69, 9.17) is 0 Å². The van der Waals surface area contributed by atoms with Crippen molar-refractivity contribution in [1.82, 2.24) is 10.2 Å². The fourth-order valence-electron chi connectivity index (χ4n) is 3.06. The molecule has 0 saturated carbocycles. The Morgan fingerprint density at radius 3 is 2.43 bits per heavy atom. The zero-order valence-electron chi connectivity index (χ0n) is 15.9. The normalized spacial score (nSPS) is 12.6. The molecule has 2 aromatic rings. The SMILES string of the molecule is O=C(CCCN1C(=O)c2ccc(Br)cc2C1=O)NCCNc1ccc([N+](=O)[O-])cc1. The highest BCUT2D eigenvalue weighted by atomic mass is 79.9. The van der Waals surface area contributed by atoms with Crippen LogP contribution >= 0.6 is 15.9 Å². The Bertz CT molecular complexity index is 993. The highest BCUT2D eigenvalue weighted by Crippen LogP contribution is 2.26. The molecule has 156 valence electrons. The van der Waals surface area contributed by atoms with Crippen molar-refractivity contribution in [3.8, 4) is 0 Å². The molecule has 0 aliphatic carbocycles. The van der Waals surface area contributed by atoms with Crippen LogP contribution in [0.1, 0.15) is 33.6 Å². The first-order valence-corrected chi connectivity index (χ1v) is 10.1. The molecule has 3 rings (SSSR count). The average molecular weight is 475 g/mol. The number of rotatable bonds is 9. The molecule has 9 nitrogen and oxygen atoms in total. The van der Waals surface area contributed by atoms with E-state index in [1.165, 1.54) is 17.0 Å². The first-order valence-electron chi connectivity index (χ1n) is 9.27. The predicted octanol–water partition coefficient (Wildman–Crippen LogP) is 2.96. The Kier molecular flexibility index (Phi) is 6.78. The summed E-state index contributed by atoms with van der Waals surface area (Å²) < 4.78 is 0.728. The largest absolute Gasteiger partial charge is 0.383 e. The van der Waals surface area contributed by atoms with Crippen molar-refractivity contribution in [3.63, 3.8) is 0 Å². The van der Waals surface area contributed by atoms with E-state index in [9.17, 15) is 24.5 Å². The highest BCUT2D eigenvalue weighted by molar-refractivity contribution is 9.10. The molecule has 2 aromatic carbocycles. The number of anilines is 1. The standard InChI is InChI=1S/C20H19BrN4O5/c21-13-3-8-16-17(12-13)20(28)24(19(16)27)11-1-2-18(26)23-10-9-22-14-4-6-15(7-5-14)25(29)30/h3-8,12,22H,1-2,9-11H2,(H,23,26). The maximum Gasteiger partial charge on any atom is 0.269 e. The minimum Gasteiger partial charge on any atom is -0.383 e. The van der Waals surface area contributed by atoms with Gasteiger partial charge in [-0.2, -0.15) is 0 Å². The number of carbonyl (C=O) groups is 3. The first kappa shape index (κ1) is 21.4. The molecule has 0 spiro atoms. The zero-order chi connectivity index (χ0) is 21.7. The van der Waals surface area contributed by atoms with Crippen LogP contribution in [-0.2, 0) is 4.79 Å². The van der Waals surface area contributed by atoms with Crippen molar-refractivity contribution in [2.45, 2.75) is 12.8 Å². The minimum atomic E-state index is -0.467. The Hall–Kier alpha value is -3.27. The molecule has 1 heterocycles. The number of nitrogens with zero attached hydrogens (tertiary/aromatic N) is 2. The van der Waals surface area contributed by atoms with Gasteiger partial charge in [-0.25, -0.2) is 0 Å². The summed E-state index contributed by atoms with van der Waals surface area (Å²) in [5.74, 6) is -0.862. The predicted molar refractivity (Wildman–Crippen MR) is 113 cm³/mol. The zero-order valence-corrected chi connectivity index (χ0v) is 17.5. The van der Waals surface area contributed by atoms with E-state index in [2.05, 4.69) is 26.6 Å². The number of nitro benzene ring substituents is 1. The van der Waals surface area contributed by atoms with Crippen molar-refractivity contribution >= 4 is 45.0 Å². The molecule has 0 atom stereocenters. The molecule has 10 heteroatoms. The fraction of sp³-hybridized carbons (Fsp3) is 0.250. The van der Waals surface area contributed by atoms with Gasteiger partial charge >= 0.3 is 0 Å². The Labute approximate surface area is 180 Å². The number of benzene rings is 2. The van der Waals surface area contributed by atoms with E-state index in [1.54, 1.807) is 30.3 Å². The van der Waals surface area contributed by atoms with E-state index >= 15 is 0 Å². The number of hydrogen-bond donors (Lipinski definition) is 2. The smallest absolute Gasteiger partial charge is 0.269 e. The molecular formula is C20H19BrN4O5. The number of carbonyl (C=O) groups excluding carboxylic acids is 3. The van der Waals surface area contributed by atoms with Gasteiger partial charge in [0.15, 0.2) is 0 Å². The molecule has 1 aliphatic rings. The van der Waals surface area contributed by atoms with Gasteiger partial charge in [-0.3, -0.25) is 29.4 Å². The summed E-state index contributed by atoms with van der Waals surface area (Å²) in [6, 6.07) is 11.0. The maximum absolute atomic E-state index is 12.4. The van der Waals surface area contributed by atoms with E-state index < -0.39 is 4.92 Å². The Morgan fingerprint density at radius 1 is 1.03 bits per heavy atom. The summed E-state index contributed by atoms with van der Waals surface area (Å²) in [6.45, 7) is 1.01. The maximum atomic E-state index is 12.4. The topological polar surface area (TPSA) is 122 Å². The molecule has 0 unspecified atom stereocenters. The summed E-state index contributed by atoms with van der Waals surface area (Å²) >= 11 is 3.29. The van der Waals surface area contributed by atoms with Crippen LogP contribution in [0.15, 0.2) is 46.9 Å². The lowest BCUT2D eigenvalue weighted by Gasteiger charge is -2.13. The van der Waals surface area contributed by atoms with Crippen LogP contribution < -0.4 is 10.6 Å². The third-order valence-corrected chi connectivity index (χ3v) is 5.07. The summed E-state index contributed by atoms with van der Waals surface area (Å²) in [6.07, 6.45) is 0.558. The summed E-state index contributed by atoms with van der Waals surface area (Å²) in [5.41, 5.74) is 1.48. The lowest BCUT2D eigenvalue weighted by molar-refractivity contribution is -0.384. The molecule has 0 aromatic heterocycles. The van der Waals surface area contributed by atoms with Gasteiger partial charge in [0.25, 0.3) is 17.5 Å². The van der Waals surface area contributed by atoms with Gasteiger partial charge in [0.05, 0.1) is 16.1 Å². The lowest BCUT2D eigenvalue weighted by atomic mass is 10.1. The van der Waals surface area contributed by atoms with Gasteiger partial charge in [0.1, 0.15) is 0 Å². The first-order chi connectivity index (χ1) is 14.4. The van der Waals surface area contributed by atoms with E-state index in [-0.39, 0.29) is 36.4 Å². The number of nitro groups is 1. The van der Waals surface area contributed by atoms with Gasteiger partial charge in [0, 0.05) is 48.3 Å². The van der Waals surface area contributed by atoms with Gasteiger partial charge < -0.3 is 10.6 Å². The number of nitrogens with one attached hydrogen (secondary N) is 2. The minimum absolute atomic E-state index is 0.0135. The number of amides is 3. The van der Waals surface area contributed by atoms with Crippen molar-refractivity contribution in [2.24, 2.45) is 0 Å². The number of non-ortho nitro benzene ring substituents is 1. The van der Waals surface area contributed by atoms with Gasteiger partial charge in [-0.05, 0) is 36.8 Å². The second kappa shape index (κ2) is 9.49. The van der Waals surface area contributed by atoms with Gasteiger partial charge in [0.2, 0.25) is 5.91 Å². The number of imide groups is 1. The van der Waals surface area contributed by atoms with Crippen LogP contribution in [0.4, 0.5) is 11.4 Å². The average Bonchev–Trinajstić information content (AvgIpc) is 2.95. The summed E-state index contributed by atoms with van der Waals surface area (Å²) in [5, 5.41) is 16.4. The number of halogens is 1. The molecule has 0 fully saturated rings. The molecule has 1 aliphatic heterocycles. The second-order valence-electron chi connectivity index (χ2n) is 6.64. The second-order valence-corrected chi connectivity index (χ2v) is 7.55. The van der Waals surface area contributed by atoms with Crippen LogP contribution in [0.5, 0.6) is 0 Å². The third-order valence-electron chi connectivity index (χ3n) is 4.57.